The van der Waals surface area contributed by atoms with Crippen LogP contribution in [0.1, 0.15) is 19.4 Å². The molecular formula is C11H17NO2S. The average Bonchev–Trinajstić information content (AvgIpc) is 2.15. The molecule has 84 valence electrons. The van der Waals surface area contributed by atoms with Crippen LogP contribution in [-0.2, 0) is 10.0 Å². The summed E-state index contributed by atoms with van der Waals surface area (Å²) in [4.78, 5) is 0.366. The maximum Gasteiger partial charge on any atom is 0.240 e. The van der Waals surface area contributed by atoms with Gasteiger partial charge in [-0.3, -0.25) is 0 Å². The molecule has 0 atom stereocenters. The van der Waals surface area contributed by atoms with E-state index in [1.165, 1.54) is 0 Å². The molecule has 0 bridgehead atoms. The topological polar surface area (TPSA) is 46.2 Å². The van der Waals surface area contributed by atoms with Gasteiger partial charge >= 0.3 is 0 Å². The van der Waals surface area contributed by atoms with Crippen molar-refractivity contribution in [3.05, 3.63) is 29.8 Å². The molecule has 3 nitrogen and oxygen atoms in total. The van der Waals surface area contributed by atoms with Crippen LogP contribution in [0.5, 0.6) is 0 Å². The molecule has 0 fully saturated rings. The Morgan fingerprint density at radius 1 is 1.27 bits per heavy atom. The van der Waals surface area contributed by atoms with Crippen molar-refractivity contribution >= 4 is 10.0 Å². The molecule has 4 heteroatoms. The van der Waals surface area contributed by atoms with Crippen LogP contribution in [0.25, 0.3) is 0 Å². The third kappa shape index (κ3) is 3.32. The summed E-state index contributed by atoms with van der Waals surface area (Å²) in [6.45, 7) is 6.21. The Morgan fingerprint density at radius 3 is 2.40 bits per heavy atom. The Hall–Kier alpha value is -0.870. The van der Waals surface area contributed by atoms with Crippen molar-refractivity contribution in [3.8, 4) is 0 Å². The summed E-state index contributed by atoms with van der Waals surface area (Å²) < 4.78 is 26.3. The van der Waals surface area contributed by atoms with Crippen LogP contribution in [-0.4, -0.2) is 15.0 Å². The van der Waals surface area contributed by atoms with E-state index in [0.717, 1.165) is 5.56 Å². The molecule has 0 aliphatic rings. The molecule has 1 rings (SSSR count). The van der Waals surface area contributed by atoms with Gasteiger partial charge in [0.05, 0.1) is 4.90 Å². The standard InChI is InChI=1S/C11H17NO2S/c1-9(2)8-12-15(13,14)11-7-5-4-6-10(11)3/h4-7,9,12H,8H2,1-3H3. The van der Waals surface area contributed by atoms with Gasteiger partial charge in [0.25, 0.3) is 0 Å². The molecule has 0 unspecified atom stereocenters. The fraction of sp³-hybridized carbons (Fsp3) is 0.455. The normalized spacial score (nSPS) is 12.0. The fourth-order valence-corrected chi connectivity index (χ4v) is 2.67. The van der Waals surface area contributed by atoms with Gasteiger partial charge in [-0.1, -0.05) is 32.0 Å². The summed E-state index contributed by atoms with van der Waals surface area (Å²) in [6, 6.07) is 6.98. The number of nitrogens with one attached hydrogen (secondary N) is 1. The van der Waals surface area contributed by atoms with Gasteiger partial charge in [0.2, 0.25) is 10.0 Å². The molecule has 0 saturated carbocycles. The first-order chi connectivity index (χ1) is 6.93. The van der Waals surface area contributed by atoms with Crippen molar-refractivity contribution in [3.63, 3.8) is 0 Å². The van der Waals surface area contributed by atoms with E-state index in [0.29, 0.717) is 17.4 Å². The summed E-state index contributed by atoms with van der Waals surface area (Å²) in [5, 5.41) is 0. The number of hydrogen-bond acceptors (Lipinski definition) is 2. The second-order valence-electron chi connectivity index (χ2n) is 4.01. The highest BCUT2D eigenvalue weighted by atomic mass is 32.2. The molecule has 0 aromatic heterocycles. The van der Waals surface area contributed by atoms with Crippen LogP contribution in [0.4, 0.5) is 0 Å². The van der Waals surface area contributed by atoms with Crippen LogP contribution in [0.3, 0.4) is 0 Å². The highest BCUT2D eigenvalue weighted by Crippen LogP contribution is 2.13. The third-order valence-electron chi connectivity index (χ3n) is 2.06. The number of benzene rings is 1. The van der Waals surface area contributed by atoms with Gasteiger partial charge < -0.3 is 0 Å². The van der Waals surface area contributed by atoms with Gasteiger partial charge in [0.15, 0.2) is 0 Å². The van der Waals surface area contributed by atoms with E-state index in [2.05, 4.69) is 4.72 Å². The van der Waals surface area contributed by atoms with Crippen molar-refractivity contribution in [2.45, 2.75) is 25.7 Å². The summed E-state index contributed by atoms with van der Waals surface area (Å²) in [5.41, 5.74) is 0.772. The smallest absolute Gasteiger partial charge is 0.211 e. The van der Waals surface area contributed by atoms with E-state index < -0.39 is 10.0 Å². The molecule has 0 radical (unpaired) electrons. The van der Waals surface area contributed by atoms with Crippen molar-refractivity contribution in [2.24, 2.45) is 5.92 Å². The maximum atomic E-state index is 11.8. The van der Waals surface area contributed by atoms with Gasteiger partial charge in [0.1, 0.15) is 0 Å². The van der Waals surface area contributed by atoms with Crippen molar-refractivity contribution in [1.29, 1.82) is 0 Å². The first-order valence-corrected chi connectivity index (χ1v) is 6.47. The van der Waals surface area contributed by atoms with Gasteiger partial charge in [-0.2, -0.15) is 0 Å². The molecule has 0 aliphatic carbocycles. The van der Waals surface area contributed by atoms with Crippen molar-refractivity contribution in [1.82, 2.24) is 4.72 Å². The lowest BCUT2D eigenvalue weighted by molar-refractivity contribution is 0.559. The predicted octanol–water partition coefficient (Wildman–Crippen LogP) is 1.93. The van der Waals surface area contributed by atoms with Gasteiger partial charge in [-0.15, -0.1) is 0 Å². The van der Waals surface area contributed by atoms with Crippen molar-refractivity contribution in [2.75, 3.05) is 6.54 Å². The van der Waals surface area contributed by atoms with Crippen LogP contribution in [0.15, 0.2) is 29.2 Å². The monoisotopic (exact) mass is 227 g/mol. The molecule has 1 aromatic rings. The molecule has 1 aromatic carbocycles. The quantitative estimate of drug-likeness (QED) is 0.854. The second-order valence-corrected chi connectivity index (χ2v) is 5.75. The zero-order valence-electron chi connectivity index (χ0n) is 9.32. The molecule has 0 saturated heterocycles. The zero-order valence-corrected chi connectivity index (χ0v) is 10.1. The zero-order chi connectivity index (χ0) is 11.5. The van der Waals surface area contributed by atoms with Gasteiger partial charge in [0, 0.05) is 6.54 Å². The van der Waals surface area contributed by atoms with E-state index >= 15 is 0 Å². The summed E-state index contributed by atoms with van der Waals surface area (Å²) in [7, 11) is -3.34. The van der Waals surface area contributed by atoms with E-state index in [4.69, 9.17) is 0 Å². The molecular weight excluding hydrogens is 210 g/mol. The molecule has 0 aliphatic heterocycles. The number of rotatable bonds is 4. The molecule has 1 N–H and O–H groups in total. The molecule has 0 amide bonds. The molecule has 15 heavy (non-hydrogen) atoms. The van der Waals surface area contributed by atoms with Crippen LogP contribution >= 0.6 is 0 Å². The van der Waals surface area contributed by atoms with Crippen molar-refractivity contribution < 1.29 is 8.42 Å². The van der Waals surface area contributed by atoms with E-state index in [1.807, 2.05) is 19.9 Å². The largest absolute Gasteiger partial charge is 0.240 e. The minimum Gasteiger partial charge on any atom is -0.211 e. The van der Waals surface area contributed by atoms with Crippen LogP contribution < -0.4 is 4.72 Å². The first-order valence-electron chi connectivity index (χ1n) is 4.99. The Bertz CT molecular complexity index is 424. The Balaban J connectivity index is 2.92. The number of aryl methyl sites for hydroxylation is 1. The fourth-order valence-electron chi connectivity index (χ4n) is 1.21. The highest BCUT2D eigenvalue weighted by Gasteiger charge is 2.15. The first kappa shape index (κ1) is 12.2. The predicted molar refractivity (Wildman–Crippen MR) is 61.2 cm³/mol. The minimum atomic E-state index is -3.34. The Morgan fingerprint density at radius 2 is 1.87 bits per heavy atom. The van der Waals surface area contributed by atoms with Gasteiger partial charge in [-0.25, -0.2) is 13.1 Å². The lowest BCUT2D eigenvalue weighted by Crippen LogP contribution is -2.28. The minimum absolute atomic E-state index is 0.309. The van der Waals surface area contributed by atoms with Crippen LogP contribution in [0, 0.1) is 12.8 Å². The lowest BCUT2D eigenvalue weighted by atomic mass is 10.2. The third-order valence-corrected chi connectivity index (χ3v) is 3.65. The Kier molecular flexibility index (Phi) is 3.88. The van der Waals surface area contributed by atoms with E-state index in [9.17, 15) is 8.42 Å². The van der Waals surface area contributed by atoms with Gasteiger partial charge in [-0.05, 0) is 24.5 Å². The summed E-state index contributed by atoms with van der Waals surface area (Å²) in [6.07, 6.45) is 0. The second kappa shape index (κ2) is 4.77. The van der Waals surface area contributed by atoms with E-state index in [-0.39, 0.29) is 0 Å². The summed E-state index contributed by atoms with van der Waals surface area (Å²) >= 11 is 0. The lowest BCUT2D eigenvalue weighted by Gasteiger charge is -2.10. The van der Waals surface area contributed by atoms with Crippen LogP contribution in [0.2, 0.25) is 0 Å². The SMILES string of the molecule is Cc1ccccc1S(=O)(=O)NCC(C)C. The molecule has 0 spiro atoms. The molecule has 0 heterocycles. The Labute approximate surface area is 91.6 Å². The highest BCUT2D eigenvalue weighted by molar-refractivity contribution is 7.89. The number of sulfonamides is 1. The summed E-state index contributed by atoms with van der Waals surface area (Å²) in [5.74, 6) is 0.309. The average molecular weight is 227 g/mol. The number of hydrogen-bond donors (Lipinski definition) is 1. The maximum absolute atomic E-state index is 11.8. The van der Waals surface area contributed by atoms with E-state index in [1.54, 1.807) is 25.1 Å².